The van der Waals surface area contributed by atoms with Crippen LogP contribution < -0.4 is 5.32 Å². The molecule has 1 aliphatic carbocycles. The van der Waals surface area contributed by atoms with Crippen molar-refractivity contribution in [3.63, 3.8) is 0 Å². The van der Waals surface area contributed by atoms with Crippen LogP contribution >= 0.6 is 0 Å². The second kappa shape index (κ2) is 14.9. The summed E-state index contributed by atoms with van der Waals surface area (Å²) in [6.07, 6.45) is 2.85. The number of methoxy groups -OCH3 is 1. The van der Waals surface area contributed by atoms with E-state index in [1.54, 1.807) is 30.3 Å². The highest BCUT2D eigenvalue weighted by Gasteiger charge is 2.43. The molecule has 0 bridgehead atoms. The highest BCUT2D eigenvalue weighted by Crippen LogP contribution is 2.50. The first-order valence-corrected chi connectivity index (χ1v) is 10.9. The number of halogens is 4. The lowest BCUT2D eigenvalue weighted by atomic mass is 10.0. The van der Waals surface area contributed by atoms with Crippen molar-refractivity contribution in [1.82, 2.24) is 10.2 Å². The molecule has 1 saturated heterocycles. The second-order valence-electron chi connectivity index (χ2n) is 7.60. The average molecular weight is 515 g/mol. The minimum Gasteiger partial charge on any atom is -0.400 e. The van der Waals surface area contributed by atoms with Gasteiger partial charge >= 0.3 is 6.61 Å². The minimum atomic E-state index is -2.85. The molecule has 2 aromatic carbocycles. The Balaban J connectivity index is 0.000000292. The molecule has 1 atom stereocenters. The highest BCUT2D eigenvalue weighted by atomic mass is 19.3. The zero-order valence-electron chi connectivity index (χ0n) is 20.2. The molecule has 7 nitrogen and oxygen atoms in total. The topological polar surface area (TPSA) is 95.9 Å². The number of aliphatic hydroxyl groups is 1. The molecule has 2 aliphatic rings. The Bertz CT molecular complexity index is 1000. The lowest BCUT2D eigenvalue weighted by molar-refractivity contribution is -0.134. The van der Waals surface area contributed by atoms with Crippen molar-refractivity contribution in [1.29, 1.82) is 0 Å². The Morgan fingerprint density at radius 1 is 1.17 bits per heavy atom. The van der Waals surface area contributed by atoms with Crippen LogP contribution in [0, 0.1) is 6.92 Å². The molecule has 2 aromatic rings. The predicted molar refractivity (Wildman–Crippen MR) is 126 cm³/mol. The van der Waals surface area contributed by atoms with Crippen molar-refractivity contribution >= 4 is 18.6 Å². The second-order valence-corrected chi connectivity index (χ2v) is 7.60. The highest BCUT2D eigenvalue weighted by molar-refractivity contribution is 5.83. The number of carbonyl (C=O) groups is 3. The molecule has 2 N–H and O–H groups in total. The summed E-state index contributed by atoms with van der Waals surface area (Å²) in [6, 6.07) is 11.7. The van der Waals surface area contributed by atoms with Gasteiger partial charge in [0.2, 0.25) is 12.3 Å². The molecule has 0 saturated carbocycles. The van der Waals surface area contributed by atoms with Gasteiger partial charge in [-0.25, -0.2) is 0 Å². The minimum absolute atomic E-state index is 0.0200. The number of likely N-dealkylation sites (tertiary alicyclic amines) is 1. The summed E-state index contributed by atoms with van der Waals surface area (Å²) < 4.78 is 52.7. The van der Waals surface area contributed by atoms with E-state index >= 15 is 0 Å². The van der Waals surface area contributed by atoms with E-state index in [1.807, 2.05) is 13.0 Å². The SMILES string of the molecule is CO.COC(F)F.Cc1ccc2c(c1)C(F)(F)c1ccccc1-2.O=CNCC(=O)N1CCCC1C=O. The molecule has 1 unspecified atom stereocenters. The van der Waals surface area contributed by atoms with Crippen LogP contribution in [0.15, 0.2) is 42.5 Å². The van der Waals surface area contributed by atoms with Gasteiger partial charge in [-0.05, 0) is 37.0 Å². The molecule has 2 amide bonds. The van der Waals surface area contributed by atoms with Gasteiger partial charge in [-0.15, -0.1) is 0 Å². The summed E-state index contributed by atoms with van der Waals surface area (Å²) in [6.45, 7) is -0.189. The number of rotatable bonds is 5. The molecular formula is C25H30F4N2O5. The zero-order valence-corrected chi connectivity index (χ0v) is 20.2. The van der Waals surface area contributed by atoms with E-state index in [0.717, 1.165) is 38.9 Å². The summed E-state index contributed by atoms with van der Waals surface area (Å²) in [5, 5.41) is 9.28. The number of ether oxygens (including phenoxy) is 1. The van der Waals surface area contributed by atoms with Gasteiger partial charge in [0.15, 0.2) is 0 Å². The van der Waals surface area contributed by atoms with Crippen molar-refractivity contribution in [2.45, 2.75) is 38.3 Å². The van der Waals surface area contributed by atoms with E-state index in [2.05, 4.69) is 10.1 Å². The van der Waals surface area contributed by atoms with Crippen LogP contribution in [0.4, 0.5) is 17.6 Å². The van der Waals surface area contributed by atoms with Crippen LogP contribution in [0.2, 0.25) is 0 Å². The Morgan fingerprint density at radius 3 is 2.36 bits per heavy atom. The lowest BCUT2D eigenvalue weighted by Crippen LogP contribution is -2.41. The van der Waals surface area contributed by atoms with E-state index in [1.165, 1.54) is 11.0 Å². The predicted octanol–water partition coefficient (Wildman–Crippen LogP) is 3.50. The van der Waals surface area contributed by atoms with Crippen LogP contribution in [-0.4, -0.2) is 68.6 Å². The van der Waals surface area contributed by atoms with Crippen molar-refractivity contribution in [2.75, 3.05) is 27.3 Å². The number of fused-ring (bicyclic) bond motifs is 3. The van der Waals surface area contributed by atoms with Crippen LogP contribution in [0.1, 0.15) is 29.5 Å². The molecule has 4 rings (SSSR count). The average Bonchev–Trinajstić information content (AvgIpc) is 3.46. The number of aldehydes is 1. The lowest BCUT2D eigenvalue weighted by Gasteiger charge is -2.19. The molecule has 0 aromatic heterocycles. The molecular weight excluding hydrogens is 484 g/mol. The van der Waals surface area contributed by atoms with Crippen LogP contribution in [0.3, 0.4) is 0 Å². The molecule has 198 valence electrons. The van der Waals surface area contributed by atoms with Gasteiger partial charge in [-0.3, -0.25) is 9.59 Å². The third-order valence-corrected chi connectivity index (χ3v) is 5.36. The molecule has 0 radical (unpaired) electrons. The van der Waals surface area contributed by atoms with Gasteiger partial charge in [0, 0.05) is 31.9 Å². The summed E-state index contributed by atoms with van der Waals surface area (Å²) in [7, 11) is 1.95. The number of nitrogens with one attached hydrogen (secondary N) is 1. The largest absolute Gasteiger partial charge is 0.400 e. The number of carbonyl (C=O) groups excluding carboxylic acids is 3. The summed E-state index contributed by atoms with van der Waals surface area (Å²) in [4.78, 5) is 33.3. The number of hydrogen-bond donors (Lipinski definition) is 2. The maximum absolute atomic E-state index is 14.1. The van der Waals surface area contributed by atoms with Gasteiger partial charge in [0.25, 0.3) is 5.92 Å². The molecule has 1 fully saturated rings. The summed E-state index contributed by atoms with van der Waals surface area (Å²) >= 11 is 0. The van der Waals surface area contributed by atoms with E-state index in [-0.39, 0.29) is 29.6 Å². The maximum atomic E-state index is 14.1. The standard InChI is InChI=1S/C14H10F2.C8H12N2O3.C2H4F2O.CH4O/c1-9-6-7-11-10-4-2-3-5-12(10)14(15,16)13(11)8-9;11-5-7-2-1-3-10(7)8(13)4-9-6-12;1-5-2(3)4;1-2/h2-8H,1H3;5-7H,1-4H2,(H,9,12);2H,1H3;2H,1H3. The number of amides is 2. The van der Waals surface area contributed by atoms with Gasteiger partial charge in [-0.2, -0.15) is 17.6 Å². The van der Waals surface area contributed by atoms with Crippen molar-refractivity contribution < 1.29 is 41.8 Å². The Morgan fingerprint density at radius 2 is 1.78 bits per heavy atom. The normalized spacial score (nSPS) is 16.1. The van der Waals surface area contributed by atoms with E-state index < -0.39 is 12.5 Å². The van der Waals surface area contributed by atoms with E-state index in [0.29, 0.717) is 24.1 Å². The smallest absolute Gasteiger partial charge is 0.345 e. The number of hydrogen-bond acceptors (Lipinski definition) is 5. The molecule has 0 spiro atoms. The quantitative estimate of drug-likeness (QED) is 0.471. The first-order valence-electron chi connectivity index (χ1n) is 10.9. The number of alkyl halides is 4. The first kappa shape index (κ1) is 30.7. The number of aliphatic hydroxyl groups excluding tert-OH is 1. The van der Waals surface area contributed by atoms with Crippen LogP contribution in [0.5, 0.6) is 0 Å². The fourth-order valence-electron chi connectivity index (χ4n) is 3.76. The van der Waals surface area contributed by atoms with Crippen LogP contribution in [0.25, 0.3) is 11.1 Å². The number of benzene rings is 2. The first-order chi connectivity index (χ1) is 17.2. The Kier molecular flexibility index (Phi) is 12.8. The summed E-state index contributed by atoms with van der Waals surface area (Å²) in [5.41, 5.74) is 2.43. The van der Waals surface area contributed by atoms with Crippen LogP contribution in [-0.2, 0) is 25.0 Å². The molecule has 36 heavy (non-hydrogen) atoms. The number of aryl methyl sites for hydroxylation is 1. The monoisotopic (exact) mass is 514 g/mol. The zero-order chi connectivity index (χ0) is 27.3. The Hall–Kier alpha value is -3.31. The van der Waals surface area contributed by atoms with Gasteiger partial charge in [-0.1, -0.05) is 42.0 Å². The van der Waals surface area contributed by atoms with E-state index in [9.17, 15) is 31.9 Å². The van der Waals surface area contributed by atoms with Gasteiger partial charge in [0.05, 0.1) is 12.6 Å². The maximum Gasteiger partial charge on any atom is 0.345 e. The van der Waals surface area contributed by atoms with E-state index in [4.69, 9.17) is 5.11 Å². The van der Waals surface area contributed by atoms with Crippen molar-refractivity contribution in [2.24, 2.45) is 0 Å². The fourth-order valence-corrected chi connectivity index (χ4v) is 3.76. The molecule has 1 aliphatic heterocycles. The summed E-state index contributed by atoms with van der Waals surface area (Å²) in [5.74, 6) is -3.04. The van der Waals surface area contributed by atoms with Crippen molar-refractivity contribution in [3.8, 4) is 11.1 Å². The fraction of sp³-hybridized carbons (Fsp3) is 0.400. The number of nitrogens with zero attached hydrogens (tertiary/aromatic N) is 1. The molecule has 11 heteroatoms. The third-order valence-electron chi connectivity index (χ3n) is 5.36. The third kappa shape index (κ3) is 7.85. The van der Waals surface area contributed by atoms with Gasteiger partial charge in [0.1, 0.15) is 6.29 Å². The van der Waals surface area contributed by atoms with Gasteiger partial charge < -0.3 is 24.9 Å². The Labute approximate surface area is 207 Å². The molecule has 1 heterocycles. The van der Waals surface area contributed by atoms with Crippen molar-refractivity contribution in [3.05, 3.63) is 59.2 Å².